The van der Waals surface area contributed by atoms with Crippen LogP contribution in [0, 0.1) is 13.8 Å². The Balaban J connectivity index is 0.00000324. The quantitative estimate of drug-likeness (QED) is 0.710. The van der Waals surface area contributed by atoms with Gasteiger partial charge in [0.2, 0.25) is 0 Å². The van der Waals surface area contributed by atoms with Crippen molar-refractivity contribution in [3.63, 3.8) is 0 Å². The molecule has 1 N–H and O–H groups in total. The lowest BCUT2D eigenvalue weighted by Crippen LogP contribution is -2.57. The highest BCUT2D eigenvalue weighted by atomic mass is 35.5. The van der Waals surface area contributed by atoms with Gasteiger partial charge in [-0.3, -0.25) is 14.6 Å². The average molecular weight is 472 g/mol. The molecule has 0 spiro atoms. The molecule has 1 amide bonds. The van der Waals surface area contributed by atoms with E-state index in [9.17, 15) is 4.79 Å². The number of halogens is 1. The number of piperidine rings is 1. The first-order chi connectivity index (χ1) is 15.9. The molecule has 3 heterocycles. The minimum atomic E-state index is -0.168. The second-order valence-electron chi connectivity index (χ2n) is 9.52. The summed E-state index contributed by atoms with van der Waals surface area (Å²) in [7, 11) is 1.61. The minimum absolute atomic E-state index is 0. The van der Waals surface area contributed by atoms with Crippen LogP contribution in [0.3, 0.4) is 0 Å². The summed E-state index contributed by atoms with van der Waals surface area (Å²) in [5.74, 6) is 0.609. The van der Waals surface area contributed by atoms with Crippen molar-refractivity contribution in [2.24, 2.45) is 0 Å². The first kappa shape index (κ1) is 24.0. The predicted molar refractivity (Wildman–Crippen MR) is 137 cm³/mol. The lowest BCUT2D eigenvalue weighted by atomic mass is 9.97. The molecule has 2 saturated heterocycles. The summed E-state index contributed by atoms with van der Waals surface area (Å²) in [6.07, 6.45) is 4.05. The molecule has 180 valence electrons. The standard InChI is InChI=1S/C26H36ClN5O.H2/c1-18-6-5-7-19(2)23(18)17-30-10-8-22(9-11-30)32-13-12-31(16-20(32)3)25-24(27)14-21(15-29-25)26(33)28-4;/h5-7,14-15,20,22H,8-13,16-17H2,1-4H3,(H,28,33);1H/t20-;/m0./s1. The summed E-state index contributed by atoms with van der Waals surface area (Å²) < 4.78 is 0. The van der Waals surface area contributed by atoms with E-state index in [1.807, 2.05) is 0 Å². The summed E-state index contributed by atoms with van der Waals surface area (Å²) >= 11 is 6.50. The molecule has 7 heteroatoms. The highest BCUT2D eigenvalue weighted by Crippen LogP contribution is 2.29. The van der Waals surface area contributed by atoms with Crippen LogP contribution in [0.4, 0.5) is 5.82 Å². The van der Waals surface area contributed by atoms with E-state index < -0.39 is 0 Å². The van der Waals surface area contributed by atoms with Crippen LogP contribution in [0.2, 0.25) is 5.02 Å². The average Bonchev–Trinajstić information content (AvgIpc) is 2.81. The number of nitrogens with zero attached hydrogens (tertiary/aromatic N) is 4. The maximum absolute atomic E-state index is 11.8. The van der Waals surface area contributed by atoms with Crippen LogP contribution in [0.25, 0.3) is 0 Å². The molecular formula is C26H38ClN5O. The number of hydrogen-bond acceptors (Lipinski definition) is 5. The molecule has 33 heavy (non-hydrogen) atoms. The van der Waals surface area contributed by atoms with Crippen molar-refractivity contribution in [3.8, 4) is 0 Å². The lowest BCUT2D eigenvalue weighted by molar-refractivity contribution is 0.0689. The molecule has 0 bridgehead atoms. The monoisotopic (exact) mass is 471 g/mol. The normalized spacial score (nSPS) is 20.8. The van der Waals surface area contributed by atoms with E-state index in [0.29, 0.717) is 22.7 Å². The second kappa shape index (κ2) is 10.4. The van der Waals surface area contributed by atoms with Gasteiger partial charge in [-0.15, -0.1) is 0 Å². The number of nitrogens with one attached hydrogen (secondary N) is 1. The Morgan fingerprint density at radius 1 is 1.18 bits per heavy atom. The van der Waals surface area contributed by atoms with Crippen LogP contribution in [0.1, 0.15) is 48.2 Å². The molecule has 1 atom stereocenters. The minimum Gasteiger partial charge on any atom is -0.355 e. The molecule has 1 aromatic heterocycles. The van der Waals surface area contributed by atoms with Gasteiger partial charge in [0, 0.05) is 52.9 Å². The van der Waals surface area contributed by atoms with Crippen molar-refractivity contribution in [1.29, 1.82) is 0 Å². The van der Waals surface area contributed by atoms with E-state index in [1.165, 1.54) is 29.5 Å². The number of likely N-dealkylation sites (tertiary alicyclic amines) is 1. The van der Waals surface area contributed by atoms with Crippen molar-refractivity contribution in [2.45, 2.75) is 52.2 Å². The Kier molecular flexibility index (Phi) is 7.57. The van der Waals surface area contributed by atoms with Crippen LogP contribution in [0.15, 0.2) is 30.5 Å². The van der Waals surface area contributed by atoms with Gasteiger partial charge in [-0.1, -0.05) is 29.8 Å². The molecule has 2 aliphatic rings. The van der Waals surface area contributed by atoms with Crippen molar-refractivity contribution >= 4 is 23.3 Å². The Hall–Kier alpha value is -2.15. The Morgan fingerprint density at radius 3 is 2.48 bits per heavy atom. The number of amides is 1. The molecule has 0 aliphatic carbocycles. The SMILES string of the molecule is CNC(=O)c1cnc(N2CCN(C3CCN(Cc4c(C)cccc4C)CC3)[C@@H](C)C2)c(Cl)c1.[HH]. The zero-order valence-electron chi connectivity index (χ0n) is 20.3. The number of rotatable bonds is 5. The highest BCUT2D eigenvalue weighted by Gasteiger charge is 2.32. The van der Waals surface area contributed by atoms with Crippen LogP contribution >= 0.6 is 11.6 Å². The zero-order valence-corrected chi connectivity index (χ0v) is 21.0. The molecule has 0 unspecified atom stereocenters. The topological polar surface area (TPSA) is 51.7 Å². The van der Waals surface area contributed by atoms with Crippen LogP contribution in [-0.2, 0) is 6.54 Å². The van der Waals surface area contributed by atoms with Gasteiger partial charge in [0.15, 0.2) is 0 Å². The maximum atomic E-state index is 11.8. The maximum Gasteiger partial charge on any atom is 0.252 e. The van der Waals surface area contributed by atoms with Crippen molar-refractivity contribution in [3.05, 3.63) is 57.7 Å². The molecule has 6 nitrogen and oxygen atoms in total. The Bertz CT molecular complexity index is 975. The molecule has 0 radical (unpaired) electrons. The summed E-state index contributed by atoms with van der Waals surface area (Å²) in [5.41, 5.74) is 4.78. The van der Waals surface area contributed by atoms with E-state index in [-0.39, 0.29) is 7.33 Å². The third-order valence-electron chi connectivity index (χ3n) is 7.34. The smallest absolute Gasteiger partial charge is 0.252 e. The van der Waals surface area contributed by atoms with Gasteiger partial charge in [-0.2, -0.15) is 0 Å². The fraction of sp³-hybridized carbons (Fsp3) is 0.538. The van der Waals surface area contributed by atoms with Gasteiger partial charge in [-0.05, 0) is 69.5 Å². The predicted octanol–water partition coefficient (Wildman–Crippen LogP) is 4.13. The van der Waals surface area contributed by atoms with E-state index in [4.69, 9.17) is 11.6 Å². The molecule has 4 rings (SSSR count). The molecule has 2 fully saturated rings. The Morgan fingerprint density at radius 2 is 1.88 bits per heavy atom. The summed E-state index contributed by atoms with van der Waals surface area (Å²) in [5, 5.41) is 3.16. The Labute approximate surface area is 204 Å². The fourth-order valence-electron chi connectivity index (χ4n) is 5.37. The number of aromatic nitrogens is 1. The van der Waals surface area contributed by atoms with Crippen molar-refractivity contribution in [1.82, 2.24) is 20.1 Å². The van der Waals surface area contributed by atoms with Crippen molar-refractivity contribution < 1.29 is 6.22 Å². The first-order valence-electron chi connectivity index (χ1n) is 12.0. The largest absolute Gasteiger partial charge is 0.355 e. The van der Waals surface area contributed by atoms with Gasteiger partial charge in [0.05, 0.1) is 10.6 Å². The first-order valence-corrected chi connectivity index (χ1v) is 12.4. The number of aryl methyl sites for hydroxylation is 2. The highest BCUT2D eigenvalue weighted by molar-refractivity contribution is 6.33. The van der Waals surface area contributed by atoms with Crippen LogP contribution in [-0.4, -0.2) is 72.5 Å². The summed E-state index contributed by atoms with van der Waals surface area (Å²) in [6.45, 7) is 12.9. The lowest BCUT2D eigenvalue weighted by Gasteiger charge is -2.47. The molecule has 2 aromatic rings. The van der Waals surface area contributed by atoms with Gasteiger partial charge in [0.1, 0.15) is 5.82 Å². The van der Waals surface area contributed by atoms with Gasteiger partial charge in [0.25, 0.3) is 5.91 Å². The molecular weight excluding hydrogens is 434 g/mol. The van der Waals surface area contributed by atoms with Crippen LogP contribution < -0.4 is 10.2 Å². The number of pyridine rings is 1. The summed E-state index contributed by atoms with van der Waals surface area (Å²) in [4.78, 5) is 23.9. The number of carbonyl (C=O) groups excluding carboxylic acids is 1. The van der Waals surface area contributed by atoms with E-state index in [1.54, 1.807) is 19.3 Å². The molecule has 1 aromatic carbocycles. The van der Waals surface area contributed by atoms with Gasteiger partial charge < -0.3 is 10.2 Å². The van der Waals surface area contributed by atoms with Gasteiger partial charge in [-0.25, -0.2) is 4.98 Å². The number of benzene rings is 1. The van der Waals surface area contributed by atoms with Crippen molar-refractivity contribution in [2.75, 3.05) is 44.7 Å². The number of hydrogen-bond donors (Lipinski definition) is 1. The summed E-state index contributed by atoms with van der Waals surface area (Å²) in [6, 6.07) is 9.39. The van der Waals surface area contributed by atoms with Crippen LogP contribution in [0.5, 0.6) is 0 Å². The number of carbonyl (C=O) groups is 1. The third-order valence-corrected chi connectivity index (χ3v) is 7.62. The second-order valence-corrected chi connectivity index (χ2v) is 9.93. The molecule has 2 aliphatic heterocycles. The number of anilines is 1. The fourth-order valence-corrected chi connectivity index (χ4v) is 5.66. The van der Waals surface area contributed by atoms with E-state index >= 15 is 0 Å². The van der Waals surface area contributed by atoms with E-state index in [0.717, 1.165) is 45.1 Å². The van der Waals surface area contributed by atoms with Gasteiger partial charge >= 0.3 is 0 Å². The number of piperazine rings is 1. The molecule has 0 saturated carbocycles. The van der Waals surface area contributed by atoms with E-state index in [2.05, 4.69) is 64.0 Å². The third kappa shape index (κ3) is 5.34. The zero-order chi connectivity index (χ0) is 23.5.